The quantitative estimate of drug-likeness (QED) is 0.0450. The summed E-state index contributed by atoms with van der Waals surface area (Å²) in [4.78, 5) is 27.1. The number of carbonyl (C=O) groups is 2. The van der Waals surface area contributed by atoms with Crippen LogP contribution < -0.4 is 0 Å². The first-order chi connectivity index (χ1) is 32.0. The van der Waals surface area contributed by atoms with Crippen molar-refractivity contribution in [3.63, 3.8) is 0 Å². The van der Waals surface area contributed by atoms with Crippen molar-refractivity contribution in [3.8, 4) is 0 Å². The second-order valence-electron chi connectivity index (χ2n) is 21.1. The Morgan fingerprint density at radius 1 is 0.231 bits per heavy atom. The van der Waals surface area contributed by atoms with Crippen LogP contribution in [0.2, 0.25) is 8.87 Å². The maximum atomic E-state index is 13.6. The Morgan fingerprint density at radius 3 is 0.569 bits per heavy atom. The van der Waals surface area contributed by atoms with E-state index in [-0.39, 0.29) is 11.9 Å². The summed E-state index contributed by atoms with van der Waals surface area (Å²) in [6.07, 6.45) is 66.8. The van der Waals surface area contributed by atoms with E-state index in [4.69, 9.17) is 6.15 Å². The van der Waals surface area contributed by atoms with Crippen LogP contribution in [0.5, 0.6) is 0 Å². The van der Waals surface area contributed by atoms with Gasteiger partial charge in [0.1, 0.15) is 0 Å². The van der Waals surface area contributed by atoms with E-state index < -0.39 is 19.2 Å². The summed E-state index contributed by atoms with van der Waals surface area (Å²) in [5.41, 5.74) is 0. The molecule has 0 aliphatic carbocycles. The van der Waals surface area contributed by atoms with Crippen LogP contribution in [-0.2, 0) is 15.7 Å². The minimum atomic E-state index is -3.96. The standard InChI is InChI=1S/2C22H44O2.2C8H17.Sn/c2*1-2-3-4-5-6-7-8-9-10-11-12-13-14-15-16-17-18-19-20-21-22(23)24;2*1-3-5-7-8-6-4-2;/h2*2-21H2,1H3,(H,23,24);2*1,3-8H2,2H3;/q;;;;+2/p-2. The molecule has 0 aromatic rings. The van der Waals surface area contributed by atoms with Crippen LogP contribution in [-0.4, -0.2) is 31.1 Å². The molecule has 0 saturated heterocycles. The first-order valence-electron chi connectivity index (χ1n) is 30.5. The van der Waals surface area contributed by atoms with Crippen LogP contribution >= 0.6 is 0 Å². The molecule has 0 radical (unpaired) electrons. The van der Waals surface area contributed by atoms with Crippen LogP contribution in [0.3, 0.4) is 0 Å². The maximum absolute atomic E-state index is 13.6. The molecule has 388 valence electrons. The zero-order valence-corrected chi connectivity index (χ0v) is 48.2. The summed E-state index contributed by atoms with van der Waals surface area (Å²) in [7, 11) is 0. The fourth-order valence-electron chi connectivity index (χ4n) is 9.91. The normalized spacial score (nSPS) is 11.8. The molecule has 0 heterocycles. The Hall–Kier alpha value is -0.261. The fourth-order valence-corrected chi connectivity index (χ4v) is 19.4. The molecule has 0 fully saturated rings. The topological polar surface area (TPSA) is 52.6 Å². The van der Waals surface area contributed by atoms with Gasteiger partial charge in [-0.2, -0.15) is 0 Å². The Morgan fingerprint density at radius 2 is 0.385 bits per heavy atom. The third kappa shape index (κ3) is 50.0. The zero-order chi connectivity index (χ0) is 47.3. The number of hydrogen-bond donors (Lipinski definition) is 0. The van der Waals surface area contributed by atoms with Crippen LogP contribution in [0, 0.1) is 0 Å². The summed E-state index contributed by atoms with van der Waals surface area (Å²) < 4.78 is 14.9. The molecule has 0 bridgehead atoms. The number of unbranched alkanes of at least 4 members (excludes halogenated alkanes) is 46. The molecule has 0 aliphatic rings. The second kappa shape index (κ2) is 54.7. The van der Waals surface area contributed by atoms with Crippen LogP contribution in [0.4, 0.5) is 0 Å². The van der Waals surface area contributed by atoms with Gasteiger partial charge >= 0.3 is 275 Å². The van der Waals surface area contributed by atoms with Gasteiger partial charge in [-0.3, -0.25) is 0 Å². The number of rotatable bonds is 56. The van der Waals surface area contributed by atoms with E-state index in [0.717, 1.165) is 60.2 Å². The third-order valence-electron chi connectivity index (χ3n) is 14.4. The van der Waals surface area contributed by atoms with Gasteiger partial charge in [0.05, 0.1) is 0 Å². The van der Waals surface area contributed by atoms with E-state index in [0.29, 0.717) is 12.8 Å². The average Bonchev–Trinajstić information content (AvgIpc) is 3.30. The van der Waals surface area contributed by atoms with E-state index in [9.17, 15) is 9.59 Å². The molecule has 0 spiro atoms. The van der Waals surface area contributed by atoms with Crippen molar-refractivity contribution in [2.75, 3.05) is 0 Å². The van der Waals surface area contributed by atoms with Crippen molar-refractivity contribution in [1.82, 2.24) is 0 Å². The van der Waals surface area contributed by atoms with Crippen LogP contribution in [0.1, 0.15) is 362 Å². The molecule has 0 atom stereocenters. The Bertz CT molecular complexity index is 864. The summed E-state index contributed by atoms with van der Waals surface area (Å²) in [6, 6.07) is 0. The second-order valence-corrected chi connectivity index (χ2v) is 30.3. The molecule has 5 heteroatoms. The summed E-state index contributed by atoms with van der Waals surface area (Å²) >= 11 is -3.96. The first kappa shape index (κ1) is 64.7. The van der Waals surface area contributed by atoms with Crippen molar-refractivity contribution in [1.29, 1.82) is 0 Å². The number of hydrogen-bond acceptors (Lipinski definition) is 4. The van der Waals surface area contributed by atoms with E-state index in [1.807, 2.05) is 0 Å². The van der Waals surface area contributed by atoms with Gasteiger partial charge in [-0.1, -0.05) is 142 Å². The third-order valence-corrected chi connectivity index (χ3v) is 24.2. The molecule has 0 aliphatic heterocycles. The van der Waals surface area contributed by atoms with Gasteiger partial charge in [0.15, 0.2) is 0 Å². The van der Waals surface area contributed by atoms with Crippen molar-refractivity contribution in [3.05, 3.63) is 0 Å². The van der Waals surface area contributed by atoms with Crippen molar-refractivity contribution >= 4 is 31.1 Å². The van der Waals surface area contributed by atoms with Gasteiger partial charge in [0.25, 0.3) is 0 Å². The number of carbonyl (C=O) groups excluding carboxylic acids is 2. The van der Waals surface area contributed by atoms with Crippen LogP contribution in [0.15, 0.2) is 0 Å². The molecule has 0 N–H and O–H groups in total. The Kier molecular flexibility index (Phi) is 54.5. The minimum absolute atomic E-state index is 0.0685. The summed E-state index contributed by atoms with van der Waals surface area (Å²) in [6.45, 7) is 9.13. The van der Waals surface area contributed by atoms with Gasteiger partial charge in [-0.15, -0.1) is 0 Å². The molecule has 0 aromatic heterocycles. The predicted octanol–water partition coefficient (Wildman–Crippen LogP) is 21.9. The van der Waals surface area contributed by atoms with E-state index in [1.54, 1.807) is 0 Å². The zero-order valence-electron chi connectivity index (χ0n) is 45.3. The molecule has 0 unspecified atom stereocenters. The molecule has 65 heavy (non-hydrogen) atoms. The summed E-state index contributed by atoms with van der Waals surface area (Å²) in [5, 5.41) is 0. The van der Waals surface area contributed by atoms with E-state index in [2.05, 4.69) is 27.7 Å². The van der Waals surface area contributed by atoms with E-state index in [1.165, 1.54) is 270 Å². The fraction of sp³-hybridized carbons (Fsp3) is 0.967. The van der Waals surface area contributed by atoms with Gasteiger partial charge in [-0.05, 0) is 0 Å². The molecule has 0 aromatic carbocycles. The minimum Gasteiger partial charge on any atom is -0.0654 e. The van der Waals surface area contributed by atoms with Gasteiger partial charge in [-0.25, -0.2) is 0 Å². The molecule has 0 rings (SSSR count). The monoisotopic (exact) mass is 1020 g/mol. The van der Waals surface area contributed by atoms with Gasteiger partial charge in [0, 0.05) is 0 Å². The molecule has 0 amide bonds. The molecule has 0 saturated carbocycles. The van der Waals surface area contributed by atoms with Gasteiger partial charge < -0.3 is 0 Å². The van der Waals surface area contributed by atoms with E-state index >= 15 is 0 Å². The Balaban J connectivity index is 4.57. The predicted molar refractivity (Wildman–Crippen MR) is 290 cm³/mol. The average molecular weight is 1020 g/mol. The smallest absolute Gasteiger partial charge is 0.0654 e. The van der Waals surface area contributed by atoms with Gasteiger partial charge in [0.2, 0.25) is 0 Å². The van der Waals surface area contributed by atoms with Crippen molar-refractivity contribution < 1.29 is 15.7 Å². The first-order valence-corrected chi connectivity index (χ1v) is 36.8. The molecular formula is C60H120O4Sn. The molecule has 4 nitrogen and oxygen atoms in total. The van der Waals surface area contributed by atoms with Crippen LogP contribution in [0.25, 0.3) is 0 Å². The van der Waals surface area contributed by atoms with Crippen molar-refractivity contribution in [2.24, 2.45) is 0 Å². The van der Waals surface area contributed by atoms with Crippen molar-refractivity contribution in [2.45, 2.75) is 370 Å². The molecular weight excluding hydrogens is 903 g/mol. The summed E-state index contributed by atoms with van der Waals surface area (Å²) in [5.74, 6) is -0.137. The Labute approximate surface area is 415 Å². The SMILES string of the molecule is CCCCCCCCCCCCCCCCCCCCCC(=O)[O][Sn]([CH2]CCCCCCC)([CH2]CCCCCCC)[O]C(=O)CCCCCCCCCCCCCCCCCCCCC.